The topological polar surface area (TPSA) is 29.1 Å². The summed E-state index contributed by atoms with van der Waals surface area (Å²) in [6.07, 6.45) is 0.903. The summed E-state index contributed by atoms with van der Waals surface area (Å²) < 4.78 is 0.868. The molecule has 0 spiro atoms. The van der Waals surface area contributed by atoms with Gasteiger partial charge in [-0.15, -0.1) is 0 Å². The minimum atomic E-state index is -0.123. The molecule has 2 nitrogen and oxygen atoms in total. The molecule has 1 aromatic carbocycles. The molecule has 0 aliphatic heterocycles. The highest BCUT2D eigenvalue weighted by Crippen LogP contribution is 2.21. The summed E-state index contributed by atoms with van der Waals surface area (Å²) in [6, 6.07) is 5.39. The van der Waals surface area contributed by atoms with Gasteiger partial charge in [0.2, 0.25) is 0 Å². The van der Waals surface area contributed by atoms with Gasteiger partial charge in [0.25, 0.3) is 5.91 Å². The van der Waals surface area contributed by atoms with Crippen LogP contribution in [0.15, 0.2) is 22.7 Å². The maximum atomic E-state index is 11.7. The average molecular weight is 291 g/mol. The Balaban J connectivity index is 2.82. The molecule has 82 valence electrons. The van der Waals surface area contributed by atoms with Crippen molar-refractivity contribution in [3.8, 4) is 0 Å². The molecule has 0 aliphatic rings. The van der Waals surface area contributed by atoms with Gasteiger partial charge < -0.3 is 5.32 Å². The van der Waals surface area contributed by atoms with Gasteiger partial charge in [-0.1, -0.05) is 34.5 Å². The van der Waals surface area contributed by atoms with E-state index in [1.807, 2.05) is 13.8 Å². The number of carbonyl (C=O) groups excluding carboxylic acids is 1. The maximum Gasteiger partial charge on any atom is 0.252 e. The average Bonchev–Trinajstić information content (AvgIpc) is 2.17. The van der Waals surface area contributed by atoms with Crippen LogP contribution in [0.3, 0.4) is 0 Å². The summed E-state index contributed by atoms with van der Waals surface area (Å²) in [6.45, 7) is 3.98. The Morgan fingerprint density at radius 1 is 1.60 bits per heavy atom. The van der Waals surface area contributed by atoms with Crippen molar-refractivity contribution in [2.75, 3.05) is 0 Å². The van der Waals surface area contributed by atoms with E-state index in [0.717, 1.165) is 10.9 Å². The van der Waals surface area contributed by atoms with Crippen LogP contribution in [0.1, 0.15) is 30.6 Å². The van der Waals surface area contributed by atoms with Gasteiger partial charge in [-0.3, -0.25) is 4.79 Å². The van der Waals surface area contributed by atoms with Gasteiger partial charge in [0.05, 0.1) is 10.6 Å². The molecule has 1 unspecified atom stereocenters. The van der Waals surface area contributed by atoms with E-state index in [4.69, 9.17) is 11.6 Å². The lowest BCUT2D eigenvalue weighted by molar-refractivity contribution is 0.0939. The van der Waals surface area contributed by atoms with E-state index in [2.05, 4.69) is 21.2 Å². The normalized spacial score (nSPS) is 12.3. The van der Waals surface area contributed by atoms with E-state index in [1.165, 1.54) is 0 Å². The molecule has 0 aliphatic carbocycles. The Bertz CT molecular complexity index is 368. The van der Waals surface area contributed by atoms with E-state index in [1.54, 1.807) is 18.2 Å². The third-order valence-electron chi connectivity index (χ3n) is 2.17. The van der Waals surface area contributed by atoms with E-state index in [9.17, 15) is 4.79 Å². The first-order chi connectivity index (χ1) is 7.04. The molecule has 15 heavy (non-hydrogen) atoms. The highest BCUT2D eigenvalue weighted by Gasteiger charge is 2.11. The molecule has 1 atom stereocenters. The molecule has 0 saturated heterocycles. The van der Waals surface area contributed by atoms with Crippen LogP contribution >= 0.6 is 27.5 Å². The molecule has 1 aromatic rings. The fourth-order valence-electron chi connectivity index (χ4n) is 1.08. The summed E-state index contributed by atoms with van der Waals surface area (Å²) in [4.78, 5) is 11.7. The summed E-state index contributed by atoms with van der Waals surface area (Å²) >= 11 is 9.25. The Hall–Kier alpha value is -0.540. The first kappa shape index (κ1) is 12.5. The van der Waals surface area contributed by atoms with Crippen molar-refractivity contribution in [3.05, 3.63) is 33.3 Å². The van der Waals surface area contributed by atoms with Crippen LogP contribution in [0.5, 0.6) is 0 Å². The fourth-order valence-corrected chi connectivity index (χ4v) is 1.84. The lowest BCUT2D eigenvalue weighted by atomic mass is 10.2. The Morgan fingerprint density at radius 2 is 2.27 bits per heavy atom. The number of halogens is 2. The highest BCUT2D eigenvalue weighted by molar-refractivity contribution is 9.10. The number of benzene rings is 1. The molecule has 0 fully saturated rings. The van der Waals surface area contributed by atoms with Gasteiger partial charge in [0.1, 0.15) is 0 Å². The zero-order valence-corrected chi connectivity index (χ0v) is 11.0. The van der Waals surface area contributed by atoms with Crippen LogP contribution in [0.4, 0.5) is 0 Å². The van der Waals surface area contributed by atoms with Crippen LogP contribution in [-0.2, 0) is 0 Å². The molecule has 0 bridgehead atoms. The Labute approximate surface area is 103 Å². The summed E-state index contributed by atoms with van der Waals surface area (Å²) in [5.74, 6) is -0.123. The second-order valence-electron chi connectivity index (χ2n) is 3.41. The predicted molar refractivity (Wildman–Crippen MR) is 66.4 cm³/mol. The summed E-state index contributed by atoms with van der Waals surface area (Å²) in [5, 5.41) is 3.33. The molecule has 1 rings (SSSR count). The summed E-state index contributed by atoms with van der Waals surface area (Å²) in [7, 11) is 0. The van der Waals surface area contributed by atoms with Crippen LogP contribution in [0.25, 0.3) is 0 Å². The zero-order chi connectivity index (χ0) is 11.4. The zero-order valence-electron chi connectivity index (χ0n) is 8.68. The van der Waals surface area contributed by atoms with Crippen molar-refractivity contribution >= 4 is 33.4 Å². The smallest absolute Gasteiger partial charge is 0.252 e. The molecular formula is C11H13BrClNO. The van der Waals surface area contributed by atoms with Gasteiger partial charge in [-0.05, 0) is 31.5 Å². The van der Waals surface area contributed by atoms with E-state index < -0.39 is 0 Å². The molecule has 0 radical (unpaired) electrons. The van der Waals surface area contributed by atoms with Gasteiger partial charge in [0.15, 0.2) is 0 Å². The Morgan fingerprint density at radius 3 is 2.80 bits per heavy atom. The molecular weight excluding hydrogens is 277 g/mol. The van der Waals surface area contributed by atoms with Crippen LogP contribution in [-0.4, -0.2) is 11.9 Å². The largest absolute Gasteiger partial charge is 0.350 e. The van der Waals surface area contributed by atoms with Crippen molar-refractivity contribution in [3.63, 3.8) is 0 Å². The van der Waals surface area contributed by atoms with Crippen molar-refractivity contribution in [1.29, 1.82) is 0 Å². The maximum absolute atomic E-state index is 11.7. The lowest BCUT2D eigenvalue weighted by Gasteiger charge is -2.12. The van der Waals surface area contributed by atoms with Crippen LogP contribution in [0.2, 0.25) is 5.02 Å². The lowest BCUT2D eigenvalue weighted by Crippen LogP contribution is -2.32. The van der Waals surface area contributed by atoms with E-state index in [-0.39, 0.29) is 11.9 Å². The third-order valence-corrected chi connectivity index (χ3v) is 2.97. The van der Waals surface area contributed by atoms with Gasteiger partial charge in [-0.2, -0.15) is 0 Å². The molecule has 0 aromatic heterocycles. The minimum absolute atomic E-state index is 0.123. The predicted octanol–water partition coefficient (Wildman–Crippen LogP) is 3.63. The van der Waals surface area contributed by atoms with Crippen molar-refractivity contribution < 1.29 is 4.79 Å². The molecule has 0 saturated carbocycles. The first-order valence-corrected chi connectivity index (χ1v) is 5.97. The van der Waals surface area contributed by atoms with Crippen LogP contribution in [0, 0.1) is 0 Å². The third kappa shape index (κ3) is 3.50. The molecule has 0 heterocycles. The Kier molecular flexibility index (Phi) is 4.61. The van der Waals surface area contributed by atoms with Crippen molar-refractivity contribution in [2.24, 2.45) is 0 Å². The standard InChI is InChI=1S/C11H13BrClNO/c1-3-7(2)14-11(15)9-5-4-8(12)6-10(9)13/h4-7H,3H2,1-2H3,(H,14,15). The minimum Gasteiger partial charge on any atom is -0.350 e. The number of hydrogen-bond acceptors (Lipinski definition) is 1. The van der Waals surface area contributed by atoms with Crippen molar-refractivity contribution in [1.82, 2.24) is 5.32 Å². The van der Waals surface area contributed by atoms with E-state index >= 15 is 0 Å². The second-order valence-corrected chi connectivity index (χ2v) is 4.73. The van der Waals surface area contributed by atoms with Gasteiger partial charge >= 0.3 is 0 Å². The van der Waals surface area contributed by atoms with Crippen LogP contribution < -0.4 is 5.32 Å². The number of amides is 1. The fraction of sp³-hybridized carbons (Fsp3) is 0.364. The second kappa shape index (κ2) is 5.52. The van der Waals surface area contributed by atoms with E-state index in [0.29, 0.717) is 10.6 Å². The van der Waals surface area contributed by atoms with Gasteiger partial charge in [-0.25, -0.2) is 0 Å². The first-order valence-electron chi connectivity index (χ1n) is 4.80. The summed E-state index contributed by atoms with van der Waals surface area (Å²) in [5.41, 5.74) is 0.514. The monoisotopic (exact) mass is 289 g/mol. The number of nitrogens with one attached hydrogen (secondary N) is 1. The molecule has 1 amide bonds. The SMILES string of the molecule is CCC(C)NC(=O)c1ccc(Br)cc1Cl. The molecule has 1 N–H and O–H groups in total. The molecule has 4 heteroatoms. The van der Waals surface area contributed by atoms with Crippen molar-refractivity contribution in [2.45, 2.75) is 26.3 Å². The number of hydrogen-bond donors (Lipinski definition) is 1. The highest BCUT2D eigenvalue weighted by atomic mass is 79.9. The van der Waals surface area contributed by atoms with Gasteiger partial charge in [0, 0.05) is 10.5 Å². The quantitative estimate of drug-likeness (QED) is 0.905. The number of carbonyl (C=O) groups is 1. The number of rotatable bonds is 3.